The van der Waals surface area contributed by atoms with Gasteiger partial charge in [-0.05, 0) is 39.7 Å². The molecule has 4 aromatic rings. The van der Waals surface area contributed by atoms with Crippen LogP contribution in [0.5, 0.6) is 0 Å². The fraction of sp³-hybridized carbons (Fsp3) is 0.343. The van der Waals surface area contributed by atoms with Crippen LogP contribution >= 0.6 is 11.3 Å². The van der Waals surface area contributed by atoms with Crippen molar-refractivity contribution in [1.82, 2.24) is 20.6 Å². The van der Waals surface area contributed by atoms with E-state index in [1.165, 1.54) is 16.9 Å². The molecule has 0 saturated carbocycles. The number of aliphatic hydroxyl groups is 1. The van der Waals surface area contributed by atoms with Crippen LogP contribution in [0.15, 0.2) is 73.1 Å². The molecule has 0 bridgehead atoms. The Morgan fingerprint density at radius 1 is 0.756 bits per heavy atom. The quantitative estimate of drug-likeness (QED) is 0.185. The summed E-state index contributed by atoms with van der Waals surface area (Å²) >= 11 is 1.34. The van der Waals surface area contributed by atoms with Crippen LogP contribution < -0.4 is 10.6 Å². The van der Waals surface area contributed by atoms with Gasteiger partial charge in [0.25, 0.3) is 5.91 Å². The number of thiophene rings is 1. The fourth-order valence-corrected chi connectivity index (χ4v) is 5.54. The first-order valence-corrected chi connectivity index (χ1v) is 15.5. The molecule has 2 heterocycles. The predicted molar refractivity (Wildman–Crippen MR) is 176 cm³/mol. The summed E-state index contributed by atoms with van der Waals surface area (Å²) in [4.78, 5) is 48.3. The first-order valence-electron chi connectivity index (χ1n) is 14.7. The van der Waals surface area contributed by atoms with Crippen LogP contribution in [0.4, 0.5) is 0 Å². The highest BCUT2D eigenvalue weighted by molar-refractivity contribution is 7.14. The molecule has 0 aliphatic rings. The van der Waals surface area contributed by atoms with Gasteiger partial charge in [0.2, 0.25) is 5.91 Å². The largest absolute Gasteiger partial charge is 0.480 e. The SMILES string of the molecule is CC(C)(C)c1ccc(-c2cnc(-c3ccc(CC(NC(=O)c4ccc(C(C)(C)C)s4)C(=O)NC(CO)C(=O)O)cc3)nc2)cc1. The van der Waals surface area contributed by atoms with Gasteiger partial charge in [0, 0.05) is 34.8 Å². The number of hydrogen-bond donors (Lipinski definition) is 4. The summed E-state index contributed by atoms with van der Waals surface area (Å²) in [5.41, 5.74) is 4.62. The second kappa shape index (κ2) is 13.7. The van der Waals surface area contributed by atoms with Crippen molar-refractivity contribution >= 4 is 29.1 Å². The minimum atomic E-state index is -1.50. The third-order valence-corrected chi connectivity index (χ3v) is 8.89. The van der Waals surface area contributed by atoms with Gasteiger partial charge in [0.1, 0.15) is 12.1 Å². The van der Waals surface area contributed by atoms with Crippen LogP contribution in [0.2, 0.25) is 0 Å². The monoisotopic (exact) mass is 628 g/mol. The second-order valence-electron chi connectivity index (χ2n) is 13.0. The predicted octanol–water partition coefficient (Wildman–Crippen LogP) is 5.37. The molecule has 2 amide bonds. The molecule has 2 unspecified atom stereocenters. The molecule has 0 radical (unpaired) electrons. The number of carboxylic acid groups (broad SMARTS) is 1. The molecule has 2 aromatic heterocycles. The highest BCUT2D eigenvalue weighted by Crippen LogP contribution is 2.30. The summed E-state index contributed by atoms with van der Waals surface area (Å²) in [6, 6.07) is 16.7. The zero-order valence-electron chi connectivity index (χ0n) is 26.4. The van der Waals surface area contributed by atoms with Crippen molar-refractivity contribution in [2.24, 2.45) is 0 Å². The highest BCUT2D eigenvalue weighted by Gasteiger charge is 2.28. The van der Waals surface area contributed by atoms with E-state index in [-0.39, 0.29) is 17.3 Å². The Kier molecular flexibility index (Phi) is 10.2. The number of hydrogen-bond acceptors (Lipinski definition) is 7. The van der Waals surface area contributed by atoms with E-state index < -0.39 is 36.5 Å². The number of rotatable bonds is 10. The Labute approximate surface area is 267 Å². The van der Waals surface area contributed by atoms with Gasteiger partial charge in [-0.1, -0.05) is 90.1 Å². The minimum Gasteiger partial charge on any atom is -0.480 e. The summed E-state index contributed by atoms with van der Waals surface area (Å²) < 4.78 is 0. The lowest BCUT2D eigenvalue weighted by atomic mass is 9.86. The molecular formula is C35H40N4O5S. The van der Waals surface area contributed by atoms with Gasteiger partial charge in [0.05, 0.1) is 11.5 Å². The molecule has 0 spiro atoms. The van der Waals surface area contributed by atoms with Crippen molar-refractivity contribution in [2.45, 2.75) is 70.9 Å². The molecule has 2 aromatic carbocycles. The average Bonchev–Trinajstić information content (AvgIpc) is 3.51. The van der Waals surface area contributed by atoms with E-state index in [1.807, 2.05) is 51.1 Å². The fourth-order valence-electron chi connectivity index (χ4n) is 4.57. The maximum atomic E-state index is 13.1. The lowest BCUT2D eigenvalue weighted by molar-refractivity contribution is -0.143. The van der Waals surface area contributed by atoms with E-state index in [1.54, 1.807) is 18.5 Å². The standard InChI is InChI=1S/C35H40N4O5S/c1-34(2,3)25-13-11-22(12-14-25)24-18-36-30(37-19-24)23-9-7-21(8-10-23)17-26(31(41)39-27(20-40)33(43)44)38-32(42)28-15-16-29(45-28)35(4,5)6/h7-16,18-19,26-27,40H,17,20H2,1-6H3,(H,38,42)(H,39,41)(H,43,44). The van der Waals surface area contributed by atoms with Crippen LogP contribution in [0.1, 0.15) is 67.2 Å². The Bertz CT molecular complexity index is 1630. The maximum Gasteiger partial charge on any atom is 0.328 e. The van der Waals surface area contributed by atoms with Crippen molar-refractivity contribution in [3.8, 4) is 22.5 Å². The Balaban J connectivity index is 1.50. The van der Waals surface area contributed by atoms with Crippen molar-refractivity contribution in [3.63, 3.8) is 0 Å². The molecule has 236 valence electrons. The zero-order chi connectivity index (χ0) is 32.9. The number of aliphatic carboxylic acids is 1. The number of carbonyl (C=O) groups is 3. The van der Waals surface area contributed by atoms with Crippen LogP contribution in [0, 0.1) is 0 Å². The van der Waals surface area contributed by atoms with Crippen LogP contribution in [0.3, 0.4) is 0 Å². The van der Waals surface area contributed by atoms with E-state index >= 15 is 0 Å². The van der Waals surface area contributed by atoms with Gasteiger partial charge in [-0.15, -0.1) is 11.3 Å². The number of amides is 2. The van der Waals surface area contributed by atoms with E-state index in [0.29, 0.717) is 10.7 Å². The van der Waals surface area contributed by atoms with Gasteiger partial charge in [-0.25, -0.2) is 14.8 Å². The minimum absolute atomic E-state index is 0.0704. The van der Waals surface area contributed by atoms with Gasteiger partial charge in [-0.3, -0.25) is 9.59 Å². The van der Waals surface area contributed by atoms with Crippen molar-refractivity contribution < 1.29 is 24.6 Å². The third-order valence-electron chi connectivity index (χ3n) is 7.38. The van der Waals surface area contributed by atoms with Crippen molar-refractivity contribution in [3.05, 3.63) is 93.9 Å². The summed E-state index contributed by atoms with van der Waals surface area (Å²) in [6.45, 7) is 11.9. The van der Waals surface area contributed by atoms with E-state index in [4.69, 9.17) is 0 Å². The van der Waals surface area contributed by atoms with E-state index in [0.717, 1.165) is 27.1 Å². The van der Waals surface area contributed by atoms with Crippen LogP contribution in [0.25, 0.3) is 22.5 Å². The summed E-state index contributed by atoms with van der Waals surface area (Å²) in [5, 5.41) is 23.8. The lowest BCUT2D eigenvalue weighted by Gasteiger charge is -2.21. The third kappa shape index (κ3) is 8.61. The van der Waals surface area contributed by atoms with Crippen LogP contribution in [-0.2, 0) is 26.8 Å². The Morgan fingerprint density at radius 3 is 1.87 bits per heavy atom. The number of carboxylic acids is 1. The summed E-state index contributed by atoms with van der Waals surface area (Å²) in [5.74, 6) is -1.99. The smallest absolute Gasteiger partial charge is 0.328 e. The van der Waals surface area contributed by atoms with Crippen LogP contribution in [-0.4, -0.2) is 56.7 Å². The first-order chi connectivity index (χ1) is 21.2. The topological polar surface area (TPSA) is 142 Å². The number of nitrogens with one attached hydrogen (secondary N) is 2. The normalized spacial score (nSPS) is 13.1. The Morgan fingerprint density at radius 2 is 1.36 bits per heavy atom. The van der Waals surface area contributed by atoms with Crippen molar-refractivity contribution in [1.29, 1.82) is 0 Å². The number of aliphatic hydroxyl groups excluding tert-OH is 1. The molecule has 0 aliphatic carbocycles. The number of aromatic nitrogens is 2. The van der Waals surface area contributed by atoms with E-state index in [2.05, 4.69) is 65.6 Å². The molecular weight excluding hydrogens is 588 g/mol. The molecule has 45 heavy (non-hydrogen) atoms. The molecule has 4 rings (SSSR count). The number of benzene rings is 2. The molecule has 0 aliphatic heterocycles. The van der Waals surface area contributed by atoms with Crippen molar-refractivity contribution in [2.75, 3.05) is 6.61 Å². The second-order valence-corrected chi connectivity index (χ2v) is 14.1. The highest BCUT2D eigenvalue weighted by atomic mass is 32.1. The maximum absolute atomic E-state index is 13.1. The lowest BCUT2D eigenvalue weighted by Crippen LogP contribution is -2.53. The molecule has 9 nitrogen and oxygen atoms in total. The average molecular weight is 629 g/mol. The van der Waals surface area contributed by atoms with E-state index in [9.17, 15) is 24.6 Å². The molecule has 0 fully saturated rings. The number of nitrogens with zero attached hydrogens (tertiary/aromatic N) is 2. The zero-order valence-corrected chi connectivity index (χ0v) is 27.2. The molecule has 2 atom stereocenters. The van der Waals surface area contributed by atoms with Gasteiger partial charge < -0.3 is 20.8 Å². The molecule has 0 saturated heterocycles. The number of carbonyl (C=O) groups excluding carboxylic acids is 2. The van der Waals surface area contributed by atoms with Gasteiger partial charge >= 0.3 is 5.97 Å². The van der Waals surface area contributed by atoms with Gasteiger partial charge in [0.15, 0.2) is 5.82 Å². The summed E-state index contributed by atoms with van der Waals surface area (Å²) in [6.07, 6.45) is 3.67. The Hall–Kier alpha value is -4.41. The van der Waals surface area contributed by atoms with Gasteiger partial charge in [-0.2, -0.15) is 0 Å². The molecule has 4 N–H and O–H groups in total. The molecule has 10 heteroatoms. The first kappa shape index (κ1) is 33.5. The summed E-state index contributed by atoms with van der Waals surface area (Å²) in [7, 11) is 0.